The molecule has 0 atom stereocenters. The molecule has 2 aromatic rings. The van der Waals surface area contributed by atoms with Crippen LogP contribution in [0.15, 0.2) is 45.5 Å². The zero-order valence-corrected chi connectivity index (χ0v) is 12.7. The fourth-order valence-electron chi connectivity index (χ4n) is 1.54. The first-order valence-electron chi connectivity index (χ1n) is 5.42. The van der Waals surface area contributed by atoms with E-state index >= 15 is 0 Å². The first kappa shape index (κ1) is 13.5. The highest BCUT2D eigenvalue weighted by Gasteiger charge is 2.02. The lowest BCUT2D eigenvalue weighted by Gasteiger charge is -2.08. The van der Waals surface area contributed by atoms with Gasteiger partial charge in [0.25, 0.3) is 0 Å². The number of hydrogen-bond acceptors (Lipinski definition) is 3. The molecule has 0 amide bonds. The third-order valence-corrected chi connectivity index (χ3v) is 3.57. The van der Waals surface area contributed by atoms with E-state index in [4.69, 9.17) is 5.11 Å². The summed E-state index contributed by atoms with van der Waals surface area (Å²) in [5, 5.41) is 12.3. The first-order valence-corrected chi connectivity index (χ1v) is 7.01. The van der Waals surface area contributed by atoms with E-state index in [1.54, 1.807) is 6.20 Å². The van der Waals surface area contributed by atoms with Crippen molar-refractivity contribution in [3.05, 3.63) is 56.7 Å². The van der Waals surface area contributed by atoms with Gasteiger partial charge in [0.2, 0.25) is 0 Å². The third-order valence-electron chi connectivity index (χ3n) is 2.45. The van der Waals surface area contributed by atoms with Crippen molar-refractivity contribution in [1.82, 2.24) is 4.98 Å². The second kappa shape index (κ2) is 6.31. The van der Waals surface area contributed by atoms with Gasteiger partial charge >= 0.3 is 0 Å². The Labute approximate surface area is 123 Å². The van der Waals surface area contributed by atoms with E-state index in [1.165, 1.54) is 0 Å². The van der Waals surface area contributed by atoms with E-state index in [-0.39, 0.29) is 6.61 Å². The normalized spacial score (nSPS) is 10.4. The number of pyridine rings is 1. The average molecular weight is 372 g/mol. The Bertz CT molecular complexity index is 546. The summed E-state index contributed by atoms with van der Waals surface area (Å²) in [6, 6.07) is 9.66. The molecule has 1 heterocycles. The monoisotopic (exact) mass is 370 g/mol. The van der Waals surface area contributed by atoms with Gasteiger partial charge in [-0.05, 0) is 55.6 Å². The van der Waals surface area contributed by atoms with Gasteiger partial charge in [0.15, 0.2) is 0 Å². The Balaban J connectivity index is 2.06. The third kappa shape index (κ3) is 3.54. The summed E-state index contributed by atoms with van der Waals surface area (Å²) in [7, 11) is 0. The number of halogens is 2. The molecule has 0 aliphatic carbocycles. The van der Waals surface area contributed by atoms with Gasteiger partial charge in [-0.3, -0.25) is 4.98 Å². The van der Waals surface area contributed by atoms with Gasteiger partial charge in [-0.15, -0.1) is 0 Å². The molecule has 0 unspecified atom stereocenters. The molecule has 0 aliphatic rings. The average Bonchev–Trinajstić information content (AvgIpc) is 2.38. The summed E-state index contributed by atoms with van der Waals surface area (Å²) in [6.07, 6.45) is 1.77. The minimum absolute atomic E-state index is 0.0513. The van der Waals surface area contributed by atoms with Gasteiger partial charge in [-0.2, -0.15) is 0 Å². The lowest BCUT2D eigenvalue weighted by atomic mass is 10.2. The number of hydrogen-bond donors (Lipinski definition) is 2. The van der Waals surface area contributed by atoms with Crippen LogP contribution in [0.4, 0.5) is 5.69 Å². The minimum atomic E-state index is 0.0513. The number of aromatic nitrogens is 1. The van der Waals surface area contributed by atoms with Crippen LogP contribution < -0.4 is 5.32 Å². The van der Waals surface area contributed by atoms with Gasteiger partial charge in [-0.1, -0.05) is 12.1 Å². The van der Waals surface area contributed by atoms with Gasteiger partial charge < -0.3 is 10.4 Å². The quantitative estimate of drug-likeness (QED) is 0.860. The molecule has 0 saturated heterocycles. The highest BCUT2D eigenvalue weighted by Crippen LogP contribution is 2.20. The fraction of sp³-hybridized carbons (Fsp3) is 0.154. The van der Waals surface area contributed by atoms with Gasteiger partial charge in [0.1, 0.15) is 0 Å². The number of aliphatic hydroxyl groups is 1. The van der Waals surface area contributed by atoms with Crippen molar-refractivity contribution in [2.45, 2.75) is 13.2 Å². The number of benzene rings is 1. The number of nitrogens with one attached hydrogen (secondary N) is 1. The van der Waals surface area contributed by atoms with Crippen LogP contribution in [0.5, 0.6) is 0 Å². The molecule has 1 aromatic carbocycles. The van der Waals surface area contributed by atoms with E-state index in [0.29, 0.717) is 6.54 Å². The van der Waals surface area contributed by atoms with E-state index in [2.05, 4.69) is 42.2 Å². The van der Waals surface area contributed by atoms with E-state index in [1.807, 2.05) is 30.3 Å². The zero-order valence-electron chi connectivity index (χ0n) is 9.53. The fourth-order valence-corrected chi connectivity index (χ4v) is 2.67. The first-order chi connectivity index (χ1) is 8.69. The summed E-state index contributed by atoms with van der Waals surface area (Å²) < 4.78 is 1.91. The SMILES string of the molecule is OCc1cccc(NCc2ncc(Br)cc2Br)c1. The van der Waals surface area contributed by atoms with Crippen LogP contribution in [0.3, 0.4) is 0 Å². The van der Waals surface area contributed by atoms with Crippen LogP contribution in [0, 0.1) is 0 Å². The molecule has 18 heavy (non-hydrogen) atoms. The highest BCUT2D eigenvalue weighted by atomic mass is 79.9. The van der Waals surface area contributed by atoms with Gasteiger partial charge in [0.05, 0.1) is 18.8 Å². The zero-order chi connectivity index (χ0) is 13.0. The van der Waals surface area contributed by atoms with E-state index < -0.39 is 0 Å². The number of rotatable bonds is 4. The maximum atomic E-state index is 9.07. The summed E-state index contributed by atoms with van der Waals surface area (Å²) in [5.41, 5.74) is 2.80. The Morgan fingerprint density at radius 2 is 2.06 bits per heavy atom. The summed E-state index contributed by atoms with van der Waals surface area (Å²) >= 11 is 6.85. The molecular weight excluding hydrogens is 360 g/mol. The van der Waals surface area contributed by atoms with Gasteiger partial charge in [0, 0.05) is 20.8 Å². The molecule has 0 saturated carbocycles. The van der Waals surface area contributed by atoms with Crippen molar-refractivity contribution in [1.29, 1.82) is 0 Å². The molecule has 3 nitrogen and oxygen atoms in total. The molecule has 1 aromatic heterocycles. The molecule has 2 rings (SSSR count). The smallest absolute Gasteiger partial charge is 0.0737 e. The van der Waals surface area contributed by atoms with Crippen molar-refractivity contribution >= 4 is 37.5 Å². The maximum Gasteiger partial charge on any atom is 0.0737 e. The molecule has 5 heteroatoms. The second-order valence-electron chi connectivity index (χ2n) is 3.79. The molecule has 94 valence electrons. The molecule has 0 aliphatic heterocycles. The van der Waals surface area contributed by atoms with Crippen molar-refractivity contribution in [2.24, 2.45) is 0 Å². The Kier molecular flexibility index (Phi) is 4.74. The van der Waals surface area contributed by atoms with Crippen molar-refractivity contribution in [3.63, 3.8) is 0 Å². The Morgan fingerprint density at radius 1 is 1.22 bits per heavy atom. The molecule has 2 N–H and O–H groups in total. The number of aliphatic hydroxyl groups excluding tert-OH is 1. The van der Waals surface area contributed by atoms with E-state index in [9.17, 15) is 0 Å². The maximum absolute atomic E-state index is 9.07. The summed E-state index contributed by atoms with van der Waals surface area (Å²) in [5.74, 6) is 0. The second-order valence-corrected chi connectivity index (χ2v) is 5.56. The van der Waals surface area contributed by atoms with Crippen LogP contribution in [0.1, 0.15) is 11.3 Å². The number of anilines is 1. The predicted octanol–water partition coefficient (Wildman–Crippen LogP) is 3.71. The predicted molar refractivity (Wildman–Crippen MR) is 79.3 cm³/mol. The molecular formula is C13H12Br2N2O. The largest absolute Gasteiger partial charge is 0.392 e. The Hall–Kier alpha value is -0.910. The minimum Gasteiger partial charge on any atom is -0.392 e. The van der Waals surface area contributed by atoms with Crippen LogP contribution in [0.2, 0.25) is 0 Å². The Morgan fingerprint density at radius 3 is 2.78 bits per heavy atom. The molecule has 0 bridgehead atoms. The lowest BCUT2D eigenvalue weighted by Crippen LogP contribution is -2.02. The van der Waals surface area contributed by atoms with Crippen molar-refractivity contribution < 1.29 is 5.11 Å². The van der Waals surface area contributed by atoms with Gasteiger partial charge in [-0.25, -0.2) is 0 Å². The highest BCUT2D eigenvalue weighted by molar-refractivity contribution is 9.11. The number of nitrogens with zero attached hydrogens (tertiary/aromatic N) is 1. The van der Waals surface area contributed by atoms with Crippen LogP contribution in [-0.2, 0) is 13.2 Å². The standard InChI is InChI=1S/C13H12Br2N2O/c14-10-5-12(15)13(17-6-10)7-16-11-3-1-2-9(4-11)8-18/h1-6,16,18H,7-8H2. The summed E-state index contributed by atoms with van der Waals surface area (Å²) in [6.45, 7) is 0.679. The van der Waals surface area contributed by atoms with E-state index in [0.717, 1.165) is 25.9 Å². The van der Waals surface area contributed by atoms with Crippen LogP contribution in [-0.4, -0.2) is 10.1 Å². The van der Waals surface area contributed by atoms with Crippen LogP contribution in [0.25, 0.3) is 0 Å². The molecule has 0 spiro atoms. The molecule has 0 radical (unpaired) electrons. The van der Waals surface area contributed by atoms with Crippen molar-refractivity contribution in [2.75, 3.05) is 5.32 Å². The topological polar surface area (TPSA) is 45.1 Å². The lowest BCUT2D eigenvalue weighted by molar-refractivity contribution is 0.282. The summed E-state index contributed by atoms with van der Waals surface area (Å²) in [4.78, 5) is 4.33. The van der Waals surface area contributed by atoms with Crippen LogP contribution >= 0.6 is 31.9 Å². The molecule has 0 fully saturated rings. The van der Waals surface area contributed by atoms with Crippen molar-refractivity contribution in [3.8, 4) is 0 Å².